The number of nitrogens with one attached hydrogen (secondary N) is 1. The highest BCUT2D eigenvalue weighted by Crippen LogP contribution is 2.18. The minimum Gasteiger partial charge on any atom is -0.383 e. The fraction of sp³-hybridized carbons (Fsp3) is 0.364. The van der Waals surface area contributed by atoms with Crippen molar-refractivity contribution in [3.05, 3.63) is 29.1 Å². The van der Waals surface area contributed by atoms with Gasteiger partial charge in [0, 0.05) is 13.7 Å². The van der Waals surface area contributed by atoms with E-state index in [2.05, 4.69) is 5.32 Å². The van der Waals surface area contributed by atoms with Gasteiger partial charge >= 0.3 is 0 Å². The van der Waals surface area contributed by atoms with Crippen LogP contribution in [0.1, 0.15) is 15.9 Å². The van der Waals surface area contributed by atoms with Crippen LogP contribution in [-0.2, 0) is 14.8 Å². The third kappa shape index (κ3) is 3.98. The summed E-state index contributed by atoms with van der Waals surface area (Å²) in [7, 11) is -2.54. The Morgan fingerprint density at radius 2 is 2.11 bits per heavy atom. The molecule has 0 aliphatic rings. The van der Waals surface area contributed by atoms with Crippen LogP contribution in [0.5, 0.6) is 0 Å². The molecule has 0 saturated carbocycles. The van der Waals surface area contributed by atoms with Crippen molar-refractivity contribution in [1.82, 2.24) is 5.32 Å². The molecule has 19 heavy (non-hydrogen) atoms. The number of amides is 1. The van der Waals surface area contributed by atoms with Crippen LogP contribution in [0.25, 0.3) is 0 Å². The van der Waals surface area contributed by atoms with E-state index < -0.39 is 21.7 Å². The van der Waals surface area contributed by atoms with Gasteiger partial charge in [-0.2, -0.15) is 0 Å². The molecule has 0 aromatic heterocycles. The number of hydrogen-bond acceptors (Lipinski definition) is 4. The van der Waals surface area contributed by atoms with Crippen LogP contribution < -0.4 is 10.5 Å². The van der Waals surface area contributed by atoms with E-state index in [1.165, 1.54) is 14.0 Å². The van der Waals surface area contributed by atoms with E-state index in [9.17, 15) is 17.6 Å². The third-order valence-corrected chi connectivity index (χ3v) is 3.29. The van der Waals surface area contributed by atoms with Crippen LogP contribution in [0.3, 0.4) is 0 Å². The monoisotopic (exact) mass is 290 g/mol. The molecule has 3 N–H and O–H groups in total. The predicted octanol–water partition coefficient (Wildman–Crippen LogP) is 0.158. The van der Waals surface area contributed by atoms with Gasteiger partial charge in [-0.15, -0.1) is 0 Å². The summed E-state index contributed by atoms with van der Waals surface area (Å²) in [4.78, 5) is 11.4. The molecule has 106 valence electrons. The Morgan fingerprint density at radius 3 is 2.63 bits per heavy atom. The number of halogens is 1. The highest BCUT2D eigenvalue weighted by Gasteiger charge is 2.19. The van der Waals surface area contributed by atoms with Gasteiger partial charge in [0.25, 0.3) is 5.91 Å². The first-order chi connectivity index (χ1) is 8.77. The molecule has 1 rings (SSSR count). The lowest BCUT2D eigenvalue weighted by Crippen LogP contribution is -2.28. The zero-order valence-corrected chi connectivity index (χ0v) is 11.4. The Bertz CT molecular complexity index is 587. The van der Waals surface area contributed by atoms with Gasteiger partial charge in [-0.05, 0) is 24.6 Å². The molecule has 0 heterocycles. The maximum absolute atomic E-state index is 13.8. The van der Waals surface area contributed by atoms with E-state index in [1.807, 2.05) is 0 Å². The second kappa shape index (κ2) is 6.09. The molecular weight excluding hydrogens is 275 g/mol. The summed E-state index contributed by atoms with van der Waals surface area (Å²) in [5, 5.41) is 7.37. The number of sulfonamides is 1. The number of aryl methyl sites for hydroxylation is 1. The molecule has 0 spiro atoms. The largest absolute Gasteiger partial charge is 0.383 e. The zero-order valence-electron chi connectivity index (χ0n) is 10.6. The summed E-state index contributed by atoms with van der Waals surface area (Å²) in [6.07, 6.45) is 0. The van der Waals surface area contributed by atoms with Crippen LogP contribution >= 0.6 is 0 Å². The summed E-state index contributed by atoms with van der Waals surface area (Å²) in [5.74, 6) is -1.49. The van der Waals surface area contributed by atoms with Gasteiger partial charge in [0.1, 0.15) is 5.82 Å². The molecule has 6 nitrogen and oxygen atoms in total. The van der Waals surface area contributed by atoms with Gasteiger partial charge in [0.2, 0.25) is 10.0 Å². The smallest absolute Gasteiger partial charge is 0.254 e. The Kier molecular flexibility index (Phi) is 4.98. The second-order valence-corrected chi connectivity index (χ2v) is 5.46. The SMILES string of the molecule is COCCNC(=O)c1cc(S(N)(=O)=O)cc(C)c1F. The van der Waals surface area contributed by atoms with Crippen molar-refractivity contribution < 1.29 is 22.3 Å². The fourth-order valence-corrected chi connectivity index (χ4v) is 2.05. The Balaban J connectivity index is 3.13. The molecular formula is C11H15FN2O4S. The van der Waals surface area contributed by atoms with Gasteiger partial charge in [0.15, 0.2) is 0 Å². The van der Waals surface area contributed by atoms with Crippen molar-refractivity contribution >= 4 is 15.9 Å². The number of carbonyl (C=O) groups excluding carboxylic acids is 1. The Labute approximate surface area is 110 Å². The topological polar surface area (TPSA) is 98.5 Å². The maximum atomic E-state index is 13.8. The van der Waals surface area contributed by atoms with E-state index >= 15 is 0 Å². The molecule has 0 atom stereocenters. The summed E-state index contributed by atoms with van der Waals surface area (Å²) in [6, 6.07) is 2.00. The molecule has 0 unspecified atom stereocenters. The van der Waals surface area contributed by atoms with Crippen molar-refractivity contribution in [2.24, 2.45) is 5.14 Å². The number of ether oxygens (including phenoxy) is 1. The normalized spacial score (nSPS) is 11.4. The van der Waals surface area contributed by atoms with Crippen molar-refractivity contribution in [3.63, 3.8) is 0 Å². The van der Waals surface area contributed by atoms with Crippen molar-refractivity contribution in [3.8, 4) is 0 Å². The summed E-state index contributed by atoms with van der Waals surface area (Å²) >= 11 is 0. The average molecular weight is 290 g/mol. The molecule has 1 aromatic rings. The Hall–Kier alpha value is -1.51. The molecule has 1 amide bonds. The maximum Gasteiger partial charge on any atom is 0.254 e. The number of primary sulfonamides is 1. The van der Waals surface area contributed by atoms with Crippen molar-refractivity contribution in [2.45, 2.75) is 11.8 Å². The minimum absolute atomic E-state index is 0.0309. The quantitative estimate of drug-likeness (QED) is 0.754. The number of nitrogens with two attached hydrogens (primary N) is 1. The molecule has 0 aliphatic carbocycles. The zero-order chi connectivity index (χ0) is 14.6. The molecule has 8 heteroatoms. The molecule has 1 aromatic carbocycles. The van der Waals surface area contributed by atoms with Gasteiger partial charge in [-0.1, -0.05) is 0 Å². The molecule has 0 fully saturated rings. The van der Waals surface area contributed by atoms with Crippen LogP contribution in [0.15, 0.2) is 17.0 Å². The number of benzene rings is 1. The third-order valence-electron chi connectivity index (χ3n) is 2.39. The van der Waals surface area contributed by atoms with Gasteiger partial charge in [-0.3, -0.25) is 4.79 Å². The standard InChI is InChI=1S/C11H15FN2O4S/c1-7-5-8(19(13,16)17)6-9(10(7)12)11(15)14-3-4-18-2/h5-6H,3-4H2,1-2H3,(H,14,15)(H2,13,16,17). The van der Waals surface area contributed by atoms with E-state index in [-0.39, 0.29) is 29.2 Å². The molecule has 0 aliphatic heterocycles. The summed E-state index contributed by atoms with van der Waals surface area (Å²) in [5.41, 5.74) is -0.330. The van der Waals surface area contributed by atoms with Gasteiger partial charge in [0.05, 0.1) is 17.1 Å². The summed E-state index contributed by atoms with van der Waals surface area (Å²) < 4.78 is 41.0. The van der Waals surface area contributed by atoms with Crippen LogP contribution in [0.2, 0.25) is 0 Å². The number of methoxy groups -OCH3 is 1. The van der Waals surface area contributed by atoms with E-state index in [0.717, 1.165) is 12.1 Å². The van der Waals surface area contributed by atoms with Crippen LogP contribution in [0.4, 0.5) is 4.39 Å². The highest BCUT2D eigenvalue weighted by atomic mass is 32.2. The number of hydrogen-bond donors (Lipinski definition) is 2. The number of rotatable bonds is 5. The fourth-order valence-electron chi connectivity index (χ4n) is 1.43. The first-order valence-corrected chi connectivity index (χ1v) is 6.92. The Morgan fingerprint density at radius 1 is 1.47 bits per heavy atom. The second-order valence-electron chi connectivity index (χ2n) is 3.90. The molecule has 0 bridgehead atoms. The van der Waals surface area contributed by atoms with Crippen LogP contribution in [-0.4, -0.2) is 34.6 Å². The predicted molar refractivity (Wildman–Crippen MR) is 66.7 cm³/mol. The van der Waals surface area contributed by atoms with E-state index in [1.54, 1.807) is 0 Å². The van der Waals surface area contributed by atoms with E-state index in [0.29, 0.717) is 0 Å². The lowest BCUT2D eigenvalue weighted by atomic mass is 10.1. The average Bonchev–Trinajstić information content (AvgIpc) is 2.31. The number of carbonyl (C=O) groups is 1. The van der Waals surface area contributed by atoms with Crippen molar-refractivity contribution in [2.75, 3.05) is 20.3 Å². The lowest BCUT2D eigenvalue weighted by molar-refractivity contribution is 0.0932. The molecule has 0 saturated heterocycles. The summed E-state index contributed by atoms with van der Waals surface area (Å²) in [6.45, 7) is 1.81. The van der Waals surface area contributed by atoms with Gasteiger partial charge < -0.3 is 10.1 Å². The van der Waals surface area contributed by atoms with Crippen molar-refractivity contribution in [1.29, 1.82) is 0 Å². The van der Waals surface area contributed by atoms with Gasteiger partial charge in [-0.25, -0.2) is 17.9 Å². The lowest BCUT2D eigenvalue weighted by Gasteiger charge is -2.09. The van der Waals surface area contributed by atoms with E-state index in [4.69, 9.17) is 9.88 Å². The minimum atomic E-state index is -3.99. The van der Waals surface area contributed by atoms with Crippen LogP contribution in [0, 0.1) is 12.7 Å². The highest BCUT2D eigenvalue weighted by molar-refractivity contribution is 7.89. The molecule has 0 radical (unpaired) electrons. The first-order valence-electron chi connectivity index (χ1n) is 5.37. The first kappa shape index (κ1) is 15.5.